The van der Waals surface area contributed by atoms with E-state index in [1.54, 1.807) is 16.0 Å². The van der Waals surface area contributed by atoms with Crippen LogP contribution in [0.25, 0.3) is 11.8 Å². The fourth-order valence-electron chi connectivity index (χ4n) is 6.30. The molecule has 0 N–H and O–H groups in total. The quantitative estimate of drug-likeness (QED) is 0.236. The summed E-state index contributed by atoms with van der Waals surface area (Å²) in [6, 6.07) is 4.38. The van der Waals surface area contributed by atoms with Crippen LogP contribution in [-0.4, -0.2) is 65.3 Å². The molecule has 0 aromatic carbocycles. The summed E-state index contributed by atoms with van der Waals surface area (Å²) in [7, 11) is -2.24. The lowest BCUT2D eigenvalue weighted by Crippen LogP contribution is -2.51. The second-order valence-electron chi connectivity index (χ2n) is 11.1. The van der Waals surface area contributed by atoms with E-state index >= 15 is 0 Å². The molecule has 0 saturated heterocycles. The monoisotopic (exact) mass is 592 g/mol. The molecule has 3 aliphatic carbocycles. The molecule has 2 saturated carbocycles. The minimum absolute atomic E-state index is 0.0341. The highest BCUT2D eigenvalue weighted by Gasteiger charge is 2.54. The molecule has 0 amide bonds. The maximum Gasteiger partial charge on any atom is 0.246 e. The van der Waals surface area contributed by atoms with Gasteiger partial charge in [0.15, 0.2) is 5.78 Å². The van der Waals surface area contributed by atoms with Gasteiger partial charge in [-0.25, -0.2) is 22.5 Å². The summed E-state index contributed by atoms with van der Waals surface area (Å²) in [6.45, 7) is 0. The summed E-state index contributed by atoms with van der Waals surface area (Å²) in [5.41, 5.74) is 1.18. The van der Waals surface area contributed by atoms with Gasteiger partial charge in [0.2, 0.25) is 16.0 Å². The van der Waals surface area contributed by atoms with Crippen molar-refractivity contribution in [3.05, 3.63) is 83.5 Å². The topological polar surface area (TPSA) is 129 Å². The highest BCUT2D eigenvalue weighted by Crippen LogP contribution is 2.52. The summed E-state index contributed by atoms with van der Waals surface area (Å²) < 4.78 is 60.1. The molecule has 0 aliphatic heterocycles. The molecule has 2 atom stereocenters. The minimum atomic E-state index is -3.90. The molecule has 4 heterocycles. The highest BCUT2D eigenvalue weighted by molar-refractivity contribution is 7.89. The number of pyridine rings is 2. The van der Waals surface area contributed by atoms with Crippen LogP contribution in [0.3, 0.4) is 0 Å². The summed E-state index contributed by atoms with van der Waals surface area (Å²) in [6.07, 6.45) is 9.94. The Morgan fingerprint density at radius 3 is 2.62 bits per heavy atom. The average Bonchev–Trinajstić information content (AvgIpc) is 3.55. The van der Waals surface area contributed by atoms with Gasteiger partial charge in [0.1, 0.15) is 16.4 Å². The van der Waals surface area contributed by atoms with Crippen LogP contribution in [-0.2, 0) is 23.5 Å². The van der Waals surface area contributed by atoms with Crippen molar-refractivity contribution in [1.82, 2.24) is 39.0 Å². The molecular formula is C28H26F2N8O3S. The standard InChI is InChI=1S/C28H26F2N8O3S/c1-36-16-22(15-33-36)42(40,41)38(19-4-5-19)20-3-2-17-10-25-24(34-35-37(25)21-6-7-26(30)32-14-21)13-28(17,12-20)27(39)23-11-18(29)8-9-31-23/h6-11,14-16,19-20H,2-5,12-13H2,1H3/t20-,28+/m0/s1. The van der Waals surface area contributed by atoms with Crippen LogP contribution in [0.15, 0.2) is 59.5 Å². The number of hydrogen-bond donors (Lipinski definition) is 0. The first-order valence-electron chi connectivity index (χ1n) is 13.6. The van der Waals surface area contributed by atoms with E-state index in [1.807, 2.05) is 6.08 Å². The number of aryl methyl sites for hydroxylation is 1. The number of sulfonamides is 1. The van der Waals surface area contributed by atoms with E-state index in [0.29, 0.717) is 29.9 Å². The van der Waals surface area contributed by atoms with Crippen LogP contribution in [0.5, 0.6) is 0 Å². The summed E-state index contributed by atoms with van der Waals surface area (Å²) >= 11 is 0. The first-order chi connectivity index (χ1) is 20.2. The van der Waals surface area contributed by atoms with Gasteiger partial charge in [-0.05, 0) is 56.4 Å². The van der Waals surface area contributed by atoms with Gasteiger partial charge in [0.25, 0.3) is 0 Å². The highest BCUT2D eigenvalue weighted by atomic mass is 32.2. The van der Waals surface area contributed by atoms with Gasteiger partial charge < -0.3 is 0 Å². The smallest absolute Gasteiger partial charge is 0.246 e. The zero-order valence-corrected chi connectivity index (χ0v) is 23.4. The Morgan fingerprint density at radius 2 is 1.93 bits per heavy atom. The molecule has 0 spiro atoms. The second kappa shape index (κ2) is 9.70. The summed E-state index contributed by atoms with van der Waals surface area (Å²) in [4.78, 5) is 22.4. The Hall–Kier alpha value is -4.17. The Morgan fingerprint density at radius 1 is 1.10 bits per heavy atom. The van der Waals surface area contributed by atoms with Crippen molar-refractivity contribution in [1.29, 1.82) is 0 Å². The van der Waals surface area contributed by atoms with Crippen molar-refractivity contribution in [2.75, 3.05) is 0 Å². The van der Waals surface area contributed by atoms with Crippen LogP contribution < -0.4 is 0 Å². The molecule has 7 rings (SSSR count). The third kappa shape index (κ3) is 4.36. The molecule has 42 heavy (non-hydrogen) atoms. The van der Waals surface area contributed by atoms with Crippen LogP contribution in [0.1, 0.15) is 54.0 Å². The average molecular weight is 593 g/mol. The lowest BCUT2D eigenvalue weighted by molar-refractivity contribution is 0.0731. The van der Waals surface area contributed by atoms with Crippen molar-refractivity contribution < 1.29 is 22.0 Å². The molecule has 216 valence electrons. The van der Waals surface area contributed by atoms with Gasteiger partial charge in [-0.1, -0.05) is 10.8 Å². The fourth-order valence-corrected chi connectivity index (χ4v) is 8.19. The van der Waals surface area contributed by atoms with E-state index in [0.717, 1.165) is 24.5 Å². The van der Waals surface area contributed by atoms with Crippen molar-refractivity contribution >= 4 is 21.9 Å². The zero-order valence-electron chi connectivity index (χ0n) is 22.6. The number of carbonyl (C=O) groups is 1. The molecule has 0 bridgehead atoms. The number of aromatic nitrogens is 7. The van der Waals surface area contributed by atoms with E-state index in [2.05, 4.69) is 25.4 Å². The number of Topliss-reactive ketones (excluding diaryl/α,β-unsaturated/α-hetero) is 1. The first-order valence-corrected chi connectivity index (χ1v) is 15.1. The van der Waals surface area contributed by atoms with E-state index in [4.69, 9.17) is 0 Å². The van der Waals surface area contributed by atoms with Crippen LogP contribution in [0, 0.1) is 17.2 Å². The number of nitrogens with zero attached hydrogens (tertiary/aromatic N) is 8. The van der Waals surface area contributed by atoms with Crippen molar-refractivity contribution in [3.8, 4) is 5.69 Å². The summed E-state index contributed by atoms with van der Waals surface area (Å²) in [5, 5.41) is 12.7. The minimum Gasteiger partial charge on any atom is -0.291 e. The zero-order chi connectivity index (χ0) is 29.2. The van der Waals surface area contributed by atoms with Gasteiger partial charge in [-0.15, -0.1) is 5.10 Å². The SMILES string of the molecule is Cn1cc(S(=O)(=O)N(C2CC2)[C@H]2CCC3=Cc4c(nnn4-c4ccc(F)nc4)C[C@]3(C(=O)c3cc(F)ccn3)C2)cn1. The molecular weight excluding hydrogens is 566 g/mol. The third-order valence-corrected chi connectivity index (χ3v) is 10.3. The largest absolute Gasteiger partial charge is 0.291 e. The maximum absolute atomic E-state index is 14.4. The molecule has 4 aromatic heterocycles. The fraction of sp³-hybridized carbons (Fsp3) is 0.357. The molecule has 3 aliphatic rings. The van der Waals surface area contributed by atoms with Crippen LogP contribution >= 0.6 is 0 Å². The predicted octanol–water partition coefficient (Wildman–Crippen LogP) is 3.28. The van der Waals surface area contributed by atoms with Gasteiger partial charge in [-0.2, -0.15) is 13.8 Å². The molecule has 2 fully saturated rings. The van der Waals surface area contributed by atoms with E-state index in [-0.39, 0.29) is 29.5 Å². The van der Waals surface area contributed by atoms with Crippen LogP contribution in [0.2, 0.25) is 0 Å². The van der Waals surface area contributed by atoms with Gasteiger partial charge >= 0.3 is 0 Å². The normalized spacial score (nSPS) is 22.0. The third-order valence-electron chi connectivity index (χ3n) is 8.37. The number of halogens is 2. The predicted molar refractivity (Wildman–Crippen MR) is 145 cm³/mol. The number of hydrogen-bond acceptors (Lipinski definition) is 8. The van der Waals surface area contributed by atoms with E-state index < -0.39 is 39.0 Å². The number of fused-ring (bicyclic) bond motifs is 2. The van der Waals surface area contributed by atoms with Crippen molar-refractivity contribution in [2.24, 2.45) is 12.5 Å². The van der Waals surface area contributed by atoms with Crippen LogP contribution in [0.4, 0.5) is 8.78 Å². The molecule has 0 unspecified atom stereocenters. The van der Waals surface area contributed by atoms with E-state index in [1.165, 1.54) is 47.7 Å². The second-order valence-corrected chi connectivity index (χ2v) is 12.9. The number of rotatable bonds is 7. The lowest BCUT2D eigenvalue weighted by Gasteiger charge is -2.46. The lowest BCUT2D eigenvalue weighted by atomic mass is 9.61. The molecule has 11 nitrogen and oxygen atoms in total. The molecule has 14 heteroatoms. The molecule has 0 radical (unpaired) electrons. The van der Waals surface area contributed by atoms with E-state index in [9.17, 15) is 22.0 Å². The van der Waals surface area contributed by atoms with Gasteiger partial charge in [0.05, 0.1) is 34.9 Å². The number of ketones is 1. The Labute approximate surface area is 239 Å². The van der Waals surface area contributed by atoms with Crippen molar-refractivity contribution in [3.63, 3.8) is 0 Å². The Balaban J connectivity index is 1.32. The van der Waals surface area contributed by atoms with Gasteiger partial charge in [0, 0.05) is 44.0 Å². The maximum atomic E-state index is 14.4. The Bertz CT molecular complexity index is 1850. The summed E-state index contributed by atoms with van der Waals surface area (Å²) in [5.74, 6) is -1.61. The van der Waals surface area contributed by atoms with Gasteiger partial charge in [-0.3, -0.25) is 14.5 Å². The number of carbonyl (C=O) groups excluding carboxylic acids is 1. The Kier molecular flexibility index (Phi) is 6.17. The molecule has 4 aromatic rings. The van der Waals surface area contributed by atoms with Crippen molar-refractivity contribution in [2.45, 2.75) is 55.5 Å². The number of allylic oxidation sites excluding steroid dienone is 1. The first kappa shape index (κ1) is 26.7.